The summed E-state index contributed by atoms with van der Waals surface area (Å²) in [5.41, 5.74) is 2.28. The molecule has 1 aliphatic heterocycles. The van der Waals surface area contributed by atoms with E-state index in [2.05, 4.69) is 0 Å². The predicted octanol–water partition coefficient (Wildman–Crippen LogP) is 3.44. The smallest absolute Gasteiger partial charge is 0.0392 e. The van der Waals surface area contributed by atoms with Crippen LogP contribution in [-0.2, 0) is 0 Å². The van der Waals surface area contributed by atoms with Crippen molar-refractivity contribution in [2.24, 2.45) is 28.2 Å². The Balaban J connectivity index is 1.71. The van der Waals surface area contributed by atoms with Crippen molar-refractivity contribution in [1.29, 1.82) is 0 Å². The van der Waals surface area contributed by atoms with Gasteiger partial charge in [-0.2, -0.15) is 0 Å². The van der Waals surface area contributed by atoms with Gasteiger partial charge in [-0.25, -0.2) is 0 Å². The Labute approximate surface area is 92.4 Å². The highest BCUT2D eigenvalue weighted by Crippen LogP contribution is 2.61. The van der Waals surface area contributed by atoms with Crippen LogP contribution < -0.4 is 0 Å². The lowest BCUT2D eigenvalue weighted by Gasteiger charge is -2.57. The van der Waals surface area contributed by atoms with Crippen LogP contribution in [0.25, 0.3) is 0 Å². The molecule has 5 aliphatic rings. The molecule has 82 valence electrons. The minimum Gasteiger partial charge on any atom is -0.294 e. The average Bonchev–Trinajstić information content (AvgIpc) is 2.67. The molecule has 0 aromatic rings. The van der Waals surface area contributed by atoms with Crippen molar-refractivity contribution in [2.45, 2.75) is 51.4 Å². The molecule has 4 saturated carbocycles. The van der Waals surface area contributed by atoms with Crippen LogP contribution >= 0.6 is 0 Å². The van der Waals surface area contributed by atoms with E-state index < -0.39 is 0 Å². The molecular formula is C14H21N. The number of nitrogens with zero attached hydrogens (tertiary/aromatic N) is 1. The molecule has 5 rings (SSSR count). The van der Waals surface area contributed by atoms with Gasteiger partial charge in [0.15, 0.2) is 0 Å². The summed E-state index contributed by atoms with van der Waals surface area (Å²) in [6.07, 6.45) is 11.9. The highest BCUT2D eigenvalue weighted by Gasteiger charge is 2.53. The zero-order valence-corrected chi connectivity index (χ0v) is 9.54. The maximum Gasteiger partial charge on any atom is 0.0392 e. The Morgan fingerprint density at radius 1 is 0.933 bits per heavy atom. The first kappa shape index (κ1) is 8.78. The number of rotatable bonds is 1. The molecule has 0 N–H and O–H groups in total. The van der Waals surface area contributed by atoms with Crippen LogP contribution in [0.1, 0.15) is 51.4 Å². The summed E-state index contributed by atoms with van der Waals surface area (Å²) in [5, 5.41) is 0. The van der Waals surface area contributed by atoms with Gasteiger partial charge in [-0.3, -0.25) is 4.99 Å². The lowest BCUT2D eigenvalue weighted by atomic mass is 9.48. The van der Waals surface area contributed by atoms with Crippen molar-refractivity contribution >= 4 is 5.71 Å². The van der Waals surface area contributed by atoms with Gasteiger partial charge in [0.25, 0.3) is 0 Å². The lowest BCUT2D eigenvalue weighted by molar-refractivity contribution is -0.0130. The highest BCUT2D eigenvalue weighted by atomic mass is 14.8. The fourth-order valence-corrected chi connectivity index (χ4v) is 5.44. The molecular weight excluding hydrogens is 182 g/mol. The largest absolute Gasteiger partial charge is 0.294 e. The van der Waals surface area contributed by atoms with E-state index in [1.165, 1.54) is 32.1 Å². The minimum absolute atomic E-state index is 0.630. The summed E-state index contributed by atoms with van der Waals surface area (Å²) < 4.78 is 0. The molecule has 0 aromatic carbocycles. The highest BCUT2D eigenvalue weighted by molar-refractivity contribution is 5.91. The van der Waals surface area contributed by atoms with Gasteiger partial charge >= 0.3 is 0 Å². The van der Waals surface area contributed by atoms with E-state index in [1.807, 2.05) is 0 Å². The summed E-state index contributed by atoms with van der Waals surface area (Å²) in [7, 11) is 0. The topological polar surface area (TPSA) is 12.4 Å². The number of hydrogen-bond acceptors (Lipinski definition) is 1. The minimum atomic E-state index is 0.630. The summed E-state index contributed by atoms with van der Waals surface area (Å²) in [4.78, 5) is 4.84. The Morgan fingerprint density at radius 3 is 2.00 bits per heavy atom. The number of aliphatic imine (C=N–C) groups is 1. The predicted molar refractivity (Wildman–Crippen MR) is 62.1 cm³/mol. The van der Waals surface area contributed by atoms with Crippen LogP contribution in [0.4, 0.5) is 0 Å². The monoisotopic (exact) mass is 203 g/mol. The van der Waals surface area contributed by atoms with Gasteiger partial charge < -0.3 is 0 Å². The van der Waals surface area contributed by atoms with Crippen molar-refractivity contribution in [3.05, 3.63) is 0 Å². The Bertz CT molecular complexity index is 280. The third-order valence-electron chi connectivity index (χ3n) is 5.52. The molecule has 1 nitrogen and oxygen atoms in total. The third-order valence-corrected chi connectivity index (χ3v) is 5.52. The first-order valence-electron chi connectivity index (χ1n) is 6.88. The fraction of sp³-hybridized carbons (Fsp3) is 0.929. The van der Waals surface area contributed by atoms with Crippen LogP contribution in [0.3, 0.4) is 0 Å². The van der Waals surface area contributed by atoms with Gasteiger partial charge in [0.2, 0.25) is 0 Å². The molecule has 0 atom stereocenters. The van der Waals surface area contributed by atoms with Crippen molar-refractivity contribution in [2.75, 3.05) is 6.54 Å². The molecule has 4 fully saturated rings. The summed E-state index contributed by atoms with van der Waals surface area (Å²) in [5.74, 6) is 3.25. The first-order chi connectivity index (χ1) is 7.34. The fourth-order valence-electron chi connectivity index (χ4n) is 5.44. The van der Waals surface area contributed by atoms with E-state index in [9.17, 15) is 0 Å². The van der Waals surface area contributed by atoms with E-state index in [0.29, 0.717) is 5.41 Å². The second-order valence-corrected chi connectivity index (χ2v) is 6.63. The van der Waals surface area contributed by atoms with Crippen molar-refractivity contribution < 1.29 is 0 Å². The van der Waals surface area contributed by atoms with Crippen LogP contribution in [0.5, 0.6) is 0 Å². The van der Waals surface area contributed by atoms with E-state index in [4.69, 9.17) is 4.99 Å². The lowest BCUT2D eigenvalue weighted by Crippen LogP contribution is -2.49. The molecule has 15 heavy (non-hydrogen) atoms. The molecule has 1 heteroatoms. The van der Waals surface area contributed by atoms with E-state index in [-0.39, 0.29) is 0 Å². The summed E-state index contributed by atoms with van der Waals surface area (Å²) >= 11 is 0. The zero-order valence-electron chi connectivity index (χ0n) is 9.54. The summed E-state index contributed by atoms with van der Waals surface area (Å²) in [6.45, 7) is 1.14. The van der Waals surface area contributed by atoms with Crippen LogP contribution in [0, 0.1) is 23.2 Å². The normalized spacial score (nSPS) is 52.3. The van der Waals surface area contributed by atoms with Crippen molar-refractivity contribution in [3.63, 3.8) is 0 Å². The van der Waals surface area contributed by atoms with Crippen LogP contribution in [0.15, 0.2) is 4.99 Å². The Morgan fingerprint density at radius 2 is 1.53 bits per heavy atom. The first-order valence-corrected chi connectivity index (χ1v) is 6.88. The molecule has 4 aliphatic carbocycles. The van der Waals surface area contributed by atoms with Gasteiger partial charge in [0.05, 0.1) is 0 Å². The molecule has 0 aromatic heterocycles. The van der Waals surface area contributed by atoms with E-state index >= 15 is 0 Å². The molecule has 0 saturated heterocycles. The molecule has 0 amide bonds. The van der Waals surface area contributed by atoms with E-state index in [0.717, 1.165) is 24.3 Å². The molecule has 0 spiro atoms. The maximum absolute atomic E-state index is 4.84. The second kappa shape index (κ2) is 2.87. The molecule has 1 heterocycles. The SMILES string of the molecule is C1CN=C(C23CC4CC(CC(C4)C2)C3)C1. The second-order valence-electron chi connectivity index (χ2n) is 6.63. The van der Waals surface area contributed by atoms with Gasteiger partial charge in [0.1, 0.15) is 0 Å². The Hall–Kier alpha value is -0.330. The van der Waals surface area contributed by atoms with Gasteiger partial charge in [-0.1, -0.05) is 0 Å². The van der Waals surface area contributed by atoms with Gasteiger partial charge in [-0.15, -0.1) is 0 Å². The van der Waals surface area contributed by atoms with Gasteiger partial charge in [0, 0.05) is 17.7 Å². The van der Waals surface area contributed by atoms with Crippen LogP contribution in [0.2, 0.25) is 0 Å². The Kier molecular flexibility index (Phi) is 1.68. The van der Waals surface area contributed by atoms with E-state index in [1.54, 1.807) is 25.0 Å². The van der Waals surface area contributed by atoms with Crippen LogP contribution in [-0.4, -0.2) is 12.3 Å². The molecule has 0 unspecified atom stereocenters. The standard InChI is InChI=1S/C14H21N/c1-2-13(15-3-1)14-7-10-4-11(8-14)6-12(5-10)9-14/h10-12H,1-9H2. The average molecular weight is 203 g/mol. The molecule has 0 radical (unpaired) electrons. The van der Waals surface area contributed by atoms with Gasteiger partial charge in [-0.05, 0) is 69.1 Å². The molecule has 4 bridgehead atoms. The zero-order chi connectivity index (χ0) is 9.88. The van der Waals surface area contributed by atoms with Crippen molar-refractivity contribution in [1.82, 2.24) is 0 Å². The summed E-state index contributed by atoms with van der Waals surface area (Å²) in [6, 6.07) is 0. The van der Waals surface area contributed by atoms with Crippen molar-refractivity contribution in [3.8, 4) is 0 Å². The maximum atomic E-state index is 4.84. The third kappa shape index (κ3) is 1.18. The number of hydrogen-bond donors (Lipinski definition) is 0. The quantitative estimate of drug-likeness (QED) is 0.619.